The molecule has 0 aliphatic heterocycles. The van der Waals surface area contributed by atoms with Crippen molar-refractivity contribution in [2.45, 2.75) is 6.61 Å². The molecule has 0 heterocycles. The quantitative estimate of drug-likeness (QED) is 0.513. The molecule has 1 N–H and O–H groups in total. The van der Waals surface area contributed by atoms with Crippen molar-refractivity contribution in [3.63, 3.8) is 0 Å². The average Bonchev–Trinajstić information content (AvgIpc) is 2.81. The van der Waals surface area contributed by atoms with Crippen molar-refractivity contribution in [2.24, 2.45) is 0 Å². The van der Waals surface area contributed by atoms with E-state index in [-0.39, 0.29) is 5.91 Å². The Morgan fingerprint density at radius 1 is 0.800 bits per heavy atom. The number of hydrogen-bond acceptors (Lipinski definition) is 5. The summed E-state index contributed by atoms with van der Waals surface area (Å²) in [6.45, 7) is 1.13. The van der Waals surface area contributed by atoms with Crippen LogP contribution in [0.2, 0.25) is 0 Å². The molecule has 0 aromatic heterocycles. The smallest absolute Gasteiger partial charge is 0.251 e. The Kier molecular flexibility index (Phi) is 7.55. The van der Waals surface area contributed by atoms with Crippen LogP contribution in [0.15, 0.2) is 72.8 Å². The van der Waals surface area contributed by atoms with E-state index in [1.165, 1.54) is 0 Å². The van der Waals surface area contributed by atoms with Crippen molar-refractivity contribution in [2.75, 3.05) is 27.4 Å². The summed E-state index contributed by atoms with van der Waals surface area (Å²) in [7, 11) is 3.15. The van der Waals surface area contributed by atoms with Crippen LogP contribution in [-0.2, 0) is 6.61 Å². The number of methoxy groups -OCH3 is 2. The van der Waals surface area contributed by atoms with Crippen LogP contribution < -0.4 is 24.3 Å². The van der Waals surface area contributed by atoms with Crippen molar-refractivity contribution in [1.82, 2.24) is 5.32 Å². The number of rotatable bonds is 10. The Bertz CT molecular complexity index is 959. The lowest BCUT2D eigenvalue weighted by atomic mass is 10.2. The van der Waals surface area contributed by atoms with Gasteiger partial charge >= 0.3 is 0 Å². The molecule has 3 rings (SSSR count). The summed E-state index contributed by atoms with van der Waals surface area (Å²) in [5.74, 6) is 2.28. The van der Waals surface area contributed by atoms with E-state index in [0.717, 1.165) is 11.3 Å². The Morgan fingerprint density at radius 2 is 1.60 bits per heavy atom. The first-order valence-electron chi connectivity index (χ1n) is 9.59. The van der Waals surface area contributed by atoms with E-state index < -0.39 is 0 Å². The summed E-state index contributed by atoms with van der Waals surface area (Å²) in [6, 6.07) is 22.3. The van der Waals surface area contributed by atoms with E-state index in [2.05, 4.69) is 5.32 Å². The Balaban J connectivity index is 1.51. The van der Waals surface area contributed by atoms with Gasteiger partial charge in [0.15, 0.2) is 11.5 Å². The van der Waals surface area contributed by atoms with Crippen LogP contribution in [0, 0.1) is 0 Å². The van der Waals surface area contributed by atoms with Crippen LogP contribution in [0.1, 0.15) is 15.9 Å². The molecule has 0 fully saturated rings. The van der Waals surface area contributed by atoms with Gasteiger partial charge in [-0.1, -0.05) is 36.4 Å². The lowest BCUT2D eigenvalue weighted by Gasteiger charge is -2.13. The average molecular weight is 407 g/mol. The number of ether oxygens (including phenoxy) is 4. The lowest BCUT2D eigenvalue weighted by Crippen LogP contribution is -2.28. The third-order valence-electron chi connectivity index (χ3n) is 4.36. The molecular formula is C24H25NO5. The van der Waals surface area contributed by atoms with E-state index in [1.807, 2.05) is 48.5 Å². The summed E-state index contributed by atoms with van der Waals surface area (Å²) in [5, 5.41) is 2.83. The summed E-state index contributed by atoms with van der Waals surface area (Å²) < 4.78 is 22.0. The van der Waals surface area contributed by atoms with E-state index in [0.29, 0.717) is 42.6 Å². The second kappa shape index (κ2) is 10.8. The first kappa shape index (κ1) is 21.0. The van der Waals surface area contributed by atoms with Gasteiger partial charge in [0.2, 0.25) is 0 Å². The number of nitrogens with one attached hydrogen (secondary N) is 1. The zero-order chi connectivity index (χ0) is 21.2. The molecule has 30 heavy (non-hydrogen) atoms. The molecule has 6 heteroatoms. The monoisotopic (exact) mass is 407 g/mol. The van der Waals surface area contributed by atoms with Crippen molar-refractivity contribution < 1.29 is 23.7 Å². The van der Waals surface area contributed by atoms with Crippen LogP contribution in [0.25, 0.3) is 0 Å². The highest BCUT2D eigenvalue weighted by Crippen LogP contribution is 2.29. The molecule has 1 amide bonds. The first-order chi connectivity index (χ1) is 14.7. The van der Waals surface area contributed by atoms with Crippen LogP contribution in [0.3, 0.4) is 0 Å². The Labute approximate surface area is 176 Å². The Hall–Kier alpha value is -3.67. The topological polar surface area (TPSA) is 66.0 Å². The van der Waals surface area contributed by atoms with Gasteiger partial charge in [0.1, 0.15) is 24.7 Å². The van der Waals surface area contributed by atoms with E-state index in [1.54, 1.807) is 38.5 Å². The van der Waals surface area contributed by atoms with Gasteiger partial charge in [-0.05, 0) is 35.9 Å². The molecule has 0 unspecified atom stereocenters. The van der Waals surface area contributed by atoms with Gasteiger partial charge in [-0.2, -0.15) is 0 Å². The molecule has 0 saturated heterocycles. The standard InChI is InChI=1S/C24H25NO5/c1-27-20-9-6-10-21(16-20)29-14-13-25-24(26)19-11-12-22(23(15-19)28-2)30-17-18-7-4-3-5-8-18/h3-12,15-16H,13-14,17H2,1-2H3,(H,25,26). The van der Waals surface area contributed by atoms with Gasteiger partial charge < -0.3 is 24.3 Å². The molecule has 0 atom stereocenters. The maximum Gasteiger partial charge on any atom is 0.251 e. The molecule has 3 aromatic rings. The number of carbonyl (C=O) groups excluding carboxylic acids is 1. The maximum absolute atomic E-state index is 12.4. The van der Waals surface area contributed by atoms with Crippen molar-refractivity contribution in [3.05, 3.63) is 83.9 Å². The van der Waals surface area contributed by atoms with E-state index >= 15 is 0 Å². The molecule has 156 valence electrons. The van der Waals surface area contributed by atoms with Gasteiger partial charge in [0, 0.05) is 11.6 Å². The maximum atomic E-state index is 12.4. The van der Waals surface area contributed by atoms with Gasteiger partial charge in [-0.15, -0.1) is 0 Å². The van der Waals surface area contributed by atoms with Crippen LogP contribution in [-0.4, -0.2) is 33.3 Å². The SMILES string of the molecule is COc1cccc(OCCNC(=O)c2ccc(OCc3ccccc3)c(OC)c2)c1. The number of hydrogen-bond donors (Lipinski definition) is 1. The minimum absolute atomic E-state index is 0.211. The van der Waals surface area contributed by atoms with Gasteiger partial charge in [-0.25, -0.2) is 0 Å². The zero-order valence-electron chi connectivity index (χ0n) is 17.1. The van der Waals surface area contributed by atoms with E-state index in [9.17, 15) is 4.79 Å². The summed E-state index contributed by atoms with van der Waals surface area (Å²) >= 11 is 0. The fraction of sp³-hybridized carbons (Fsp3) is 0.208. The van der Waals surface area contributed by atoms with Gasteiger partial charge in [-0.3, -0.25) is 4.79 Å². The highest BCUT2D eigenvalue weighted by molar-refractivity contribution is 5.94. The van der Waals surface area contributed by atoms with Crippen molar-refractivity contribution in [1.29, 1.82) is 0 Å². The largest absolute Gasteiger partial charge is 0.497 e. The number of benzene rings is 3. The Morgan fingerprint density at radius 3 is 2.37 bits per heavy atom. The molecule has 0 aliphatic rings. The molecule has 6 nitrogen and oxygen atoms in total. The molecule has 0 bridgehead atoms. The number of carbonyl (C=O) groups is 1. The van der Waals surface area contributed by atoms with Crippen molar-refractivity contribution in [3.8, 4) is 23.0 Å². The highest BCUT2D eigenvalue weighted by Gasteiger charge is 2.11. The summed E-state index contributed by atoms with van der Waals surface area (Å²) in [4.78, 5) is 12.4. The van der Waals surface area contributed by atoms with Gasteiger partial charge in [0.05, 0.1) is 20.8 Å². The molecule has 0 spiro atoms. The highest BCUT2D eigenvalue weighted by atomic mass is 16.5. The lowest BCUT2D eigenvalue weighted by molar-refractivity contribution is 0.0946. The number of amides is 1. The third-order valence-corrected chi connectivity index (χ3v) is 4.36. The molecule has 0 radical (unpaired) electrons. The molecule has 0 saturated carbocycles. The fourth-order valence-electron chi connectivity index (χ4n) is 2.79. The minimum atomic E-state index is -0.211. The van der Waals surface area contributed by atoms with Gasteiger partial charge in [0.25, 0.3) is 5.91 Å². The first-order valence-corrected chi connectivity index (χ1v) is 9.59. The molecular weight excluding hydrogens is 382 g/mol. The predicted molar refractivity (Wildman–Crippen MR) is 115 cm³/mol. The van der Waals surface area contributed by atoms with Crippen LogP contribution >= 0.6 is 0 Å². The predicted octanol–water partition coefficient (Wildman–Crippen LogP) is 4.09. The second-order valence-electron chi connectivity index (χ2n) is 6.42. The van der Waals surface area contributed by atoms with Crippen LogP contribution in [0.5, 0.6) is 23.0 Å². The minimum Gasteiger partial charge on any atom is -0.497 e. The summed E-state index contributed by atoms with van der Waals surface area (Å²) in [6.07, 6.45) is 0. The molecule has 3 aromatic carbocycles. The second-order valence-corrected chi connectivity index (χ2v) is 6.42. The summed E-state index contributed by atoms with van der Waals surface area (Å²) in [5.41, 5.74) is 1.54. The fourth-order valence-corrected chi connectivity index (χ4v) is 2.79. The normalized spacial score (nSPS) is 10.2. The van der Waals surface area contributed by atoms with Crippen LogP contribution in [0.4, 0.5) is 0 Å². The zero-order valence-corrected chi connectivity index (χ0v) is 17.1. The van der Waals surface area contributed by atoms with Crippen molar-refractivity contribution >= 4 is 5.91 Å². The molecule has 0 aliphatic carbocycles. The van der Waals surface area contributed by atoms with E-state index in [4.69, 9.17) is 18.9 Å². The third kappa shape index (κ3) is 5.91.